The number of ether oxygens (including phenoxy) is 3. The molecule has 0 bridgehead atoms. The van der Waals surface area contributed by atoms with Crippen molar-refractivity contribution in [2.75, 3.05) is 72.7 Å². The van der Waals surface area contributed by atoms with Crippen molar-refractivity contribution in [3.63, 3.8) is 0 Å². The normalized spacial score (nSPS) is 19.9. The second kappa shape index (κ2) is 21.4. The van der Waals surface area contributed by atoms with Crippen LogP contribution in [-0.4, -0.2) is 149 Å². The molecular formula is C49H60F2N8O8S. The van der Waals surface area contributed by atoms with Gasteiger partial charge in [-0.25, -0.2) is 8.78 Å². The van der Waals surface area contributed by atoms with E-state index in [2.05, 4.69) is 20.4 Å². The van der Waals surface area contributed by atoms with Crippen LogP contribution in [0.2, 0.25) is 0 Å². The van der Waals surface area contributed by atoms with Crippen LogP contribution in [0.4, 0.5) is 8.78 Å². The molecule has 364 valence electrons. The van der Waals surface area contributed by atoms with Gasteiger partial charge in [0.15, 0.2) is 17.4 Å². The van der Waals surface area contributed by atoms with Crippen LogP contribution in [0.25, 0.3) is 21.1 Å². The maximum atomic E-state index is 14.8. The number of amides is 3. The minimum absolute atomic E-state index is 0.00685. The number of nitrogens with one attached hydrogen (secondary N) is 1. The van der Waals surface area contributed by atoms with Crippen molar-refractivity contribution in [3.05, 3.63) is 71.1 Å². The molecule has 4 aliphatic rings. The SMILES string of the molecule is CN[C@@H](C)C(=O)C[C@H](C(=O)N1CCN(C(=O)c2cc3cc(F)c(F)cc3n2CC(=O)N2CCOC[C@@H]2COc2cc(CN3CCC(Oc4ccnc5ccsc45)CC3)on2)CC1)C1CCCCC1. The quantitative estimate of drug-likeness (QED) is 0.125. The van der Waals surface area contributed by atoms with E-state index in [1.165, 1.54) is 10.6 Å². The summed E-state index contributed by atoms with van der Waals surface area (Å²) in [5, 5.41) is 9.43. The summed E-state index contributed by atoms with van der Waals surface area (Å²) in [6.07, 6.45) is 8.79. The van der Waals surface area contributed by atoms with Gasteiger partial charge in [-0.3, -0.25) is 29.1 Å². The van der Waals surface area contributed by atoms with Crippen LogP contribution >= 0.6 is 11.3 Å². The number of fused-ring (bicyclic) bond motifs is 2. The van der Waals surface area contributed by atoms with E-state index in [0.29, 0.717) is 12.3 Å². The molecule has 3 amide bonds. The number of likely N-dealkylation sites (N-methyl/N-ethyl adjacent to an activating group) is 1. The third-order valence-electron chi connectivity index (χ3n) is 14.2. The van der Waals surface area contributed by atoms with E-state index in [9.17, 15) is 28.0 Å². The number of halogens is 2. The number of carbonyl (C=O) groups is 4. The average molecular weight is 959 g/mol. The lowest BCUT2D eigenvalue weighted by molar-refractivity contribution is -0.142. The summed E-state index contributed by atoms with van der Waals surface area (Å²) in [7, 11) is 1.73. The Balaban J connectivity index is 0.814. The summed E-state index contributed by atoms with van der Waals surface area (Å²) < 4.78 is 55.8. The van der Waals surface area contributed by atoms with Gasteiger partial charge in [0, 0.05) is 81.9 Å². The predicted octanol–water partition coefficient (Wildman–Crippen LogP) is 5.92. The first kappa shape index (κ1) is 47.6. The van der Waals surface area contributed by atoms with E-state index in [0.717, 1.165) is 86.1 Å². The Kier molecular flexibility index (Phi) is 15.0. The number of hydrogen-bond acceptors (Lipinski definition) is 13. The molecule has 16 nitrogen and oxygen atoms in total. The minimum atomic E-state index is -1.10. The minimum Gasteiger partial charge on any atom is -0.489 e. The molecule has 7 heterocycles. The van der Waals surface area contributed by atoms with E-state index in [1.807, 2.05) is 24.4 Å². The van der Waals surface area contributed by atoms with Crippen LogP contribution in [0.15, 0.2) is 52.5 Å². The fourth-order valence-electron chi connectivity index (χ4n) is 10.2. The van der Waals surface area contributed by atoms with Crippen LogP contribution in [0.1, 0.15) is 74.5 Å². The van der Waals surface area contributed by atoms with Gasteiger partial charge in [0.2, 0.25) is 11.8 Å². The standard InChI is InChI=1S/C49H60F2N8O8S/c1-31(52-2)43(60)25-37(32-6-4-3-5-7-32)48(62)56-15-17-57(18-16-56)49(63)42-23-33-22-38(50)39(51)26-41(33)59(42)28-46(61)58-19-20-64-29-34(58)30-65-45-24-36(67-54-45)27-55-13-9-35(10-14-55)66-44-8-12-53-40-11-21-68-47(40)44/h8,11-12,21-24,26,31-32,34-35,37,52H,3-7,9-10,13-20,25,27-30H2,1-2H3/t31-,34+,37-/m0/s1. The topological polar surface area (TPSA) is 165 Å². The number of ketones is 1. The molecule has 19 heteroatoms. The van der Waals surface area contributed by atoms with Crippen molar-refractivity contribution >= 4 is 56.0 Å². The summed E-state index contributed by atoms with van der Waals surface area (Å²) in [6, 6.07) is 8.32. The number of rotatable bonds is 16. The highest BCUT2D eigenvalue weighted by Gasteiger charge is 2.38. The second-order valence-electron chi connectivity index (χ2n) is 18.5. The van der Waals surface area contributed by atoms with Crippen molar-refractivity contribution in [3.8, 4) is 11.6 Å². The highest BCUT2D eigenvalue weighted by molar-refractivity contribution is 7.17. The third kappa shape index (κ3) is 10.7. The van der Waals surface area contributed by atoms with Gasteiger partial charge in [0.25, 0.3) is 11.8 Å². The Labute approximate surface area is 397 Å². The summed E-state index contributed by atoms with van der Waals surface area (Å²) in [5.41, 5.74) is 1.24. The summed E-state index contributed by atoms with van der Waals surface area (Å²) in [6.45, 7) is 5.42. The van der Waals surface area contributed by atoms with Crippen molar-refractivity contribution in [1.82, 2.24) is 39.6 Å². The molecule has 68 heavy (non-hydrogen) atoms. The van der Waals surface area contributed by atoms with Crippen LogP contribution in [0, 0.1) is 23.5 Å². The smallest absolute Gasteiger partial charge is 0.270 e. The Hall–Kier alpha value is -5.50. The highest BCUT2D eigenvalue weighted by Crippen LogP contribution is 2.35. The number of piperidine rings is 1. The highest BCUT2D eigenvalue weighted by atomic mass is 32.1. The Morgan fingerprint density at radius 2 is 1.69 bits per heavy atom. The zero-order chi connectivity index (χ0) is 47.3. The van der Waals surface area contributed by atoms with Crippen molar-refractivity contribution in [1.29, 1.82) is 0 Å². The van der Waals surface area contributed by atoms with Crippen LogP contribution in [0.3, 0.4) is 0 Å². The number of pyridine rings is 1. The third-order valence-corrected chi connectivity index (χ3v) is 15.2. The van der Waals surface area contributed by atoms with Crippen molar-refractivity contribution in [2.45, 2.75) is 89.6 Å². The molecular weight excluding hydrogens is 899 g/mol. The van der Waals surface area contributed by atoms with Crippen molar-refractivity contribution < 1.29 is 46.7 Å². The van der Waals surface area contributed by atoms with Gasteiger partial charge in [-0.05, 0) is 80.4 Å². The summed E-state index contributed by atoms with van der Waals surface area (Å²) in [5.74, 6) is -1.50. The molecule has 3 aliphatic heterocycles. The molecule has 0 spiro atoms. The van der Waals surface area contributed by atoms with Crippen LogP contribution < -0.4 is 14.8 Å². The number of thiophene rings is 1. The fourth-order valence-corrected chi connectivity index (χ4v) is 11.0. The molecule has 1 aromatic carbocycles. The van der Waals surface area contributed by atoms with E-state index >= 15 is 0 Å². The maximum Gasteiger partial charge on any atom is 0.270 e. The number of piperazine rings is 1. The number of likely N-dealkylation sites (tertiary alicyclic amines) is 1. The van der Waals surface area contributed by atoms with Crippen LogP contribution in [-0.2, 0) is 32.2 Å². The van der Waals surface area contributed by atoms with Gasteiger partial charge in [0.05, 0.1) is 47.6 Å². The summed E-state index contributed by atoms with van der Waals surface area (Å²) >= 11 is 1.63. The Morgan fingerprint density at radius 3 is 2.47 bits per heavy atom. The molecule has 4 aromatic heterocycles. The number of Topliss-reactive ketones (excluding diaryl/α,β-unsaturated/α-hetero) is 1. The predicted molar refractivity (Wildman–Crippen MR) is 249 cm³/mol. The number of morpholine rings is 1. The lowest BCUT2D eigenvalue weighted by Gasteiger charge is -2.39. The van der Waals surface area contributed by atoms with E-state index in [1.54, 1.807) is 45.3 Å². The lowest BCUT2D eigenvalue weighted by atomic mass is 9.76. The first-order valence-electron chi connectivity index (χ1n) is 24.0. The molecule has 1 saturated carbocycles. The lowest BCUT2D eigenvalue weighted by Crippen LogP contribution is -2.53. The number of nitrogens with zero attached hydrogens (tertiary/aromatic N) is 7. The first-order valence-corrected chi connectivity index (χ1v) is 24.8. The number of carbonyl (C=O) groups excluding carboxylic acids is 4. The molecule has 1 N–H and O–H groups in total. The number of hydrogen-bond donors (Lipinski definition) is 1. The van der Waals surface area contributed by atoms with E-state index in [4.69, 9.17) is 18.7 Å². The van der Waals surface area contributed by atoms with Crippen LogP contribution in [0.5, 0.6) is 11.6 Å². The van der Waals surface area contributed by atoms with Crippen molar-refractivity contribution in [2.24, 2.45) is 11.8 Å². The molecule has 0 unspecified atom stereocenters. The van der Waals surface area contributed by atoms with Gasteiger partial charge in [-0.1, -0.05) is 19.3 Å². The monoisotopic (exact) mass is 958 g/mol. The van der Waals surface area contributed by atoms with Gasteiger partial charge < -0.3 is 43.3 Å². The molecule has 4 fully saturated rings. The number of benzene rings is 1. The second-order valence-corrected chi connectivity index (χ2v) is 19.5. The maximum absolute atomic E-state index is 14.8. The zero-order valence-corrected chi connectivity index (χ0v) is 39.5. The zero-order valence-electron chi connectivity index (χ0n) is 38.7. The van der Waals surface area contributed by atoms with Gasteiger partial charge in [-0.2, -0.15) is 0 Å². The average Bonchev–Trinajstić information content (AvgIpc) is 4.12. The van der Waals surface area contributed by atoms with E-state index < -0.39 is 29.5 Å². The van der Waals surface area contributed by atoms with Gasteiger partial charge >= 0.3 is 0 Å². The first-order chi connectivity index (χ1) is 33.0. The van der Waals surface area contributed by atoms with E-state index in [-0.39, 0.29) is 124 Å². The largest absolute Gasteiger partial charge is 0.489 e. The molecule has 3 saturated heterocycles. The number of aromatic nitrogens is 3. The van der Waals surface area contributed by atoms with Gasteiger partial charge in [-0.15, -0.1) is 11.3 Å². The Bertz CT molecular complexity index is 2580. The summed E-state index contributed by atoms with van der Waals surface area (Å²) in [4.78, 5) is 67.5. The molecule has 9 rings (SSSR count). The Morgan fingerprint density at radius 1 is 0.926 bits per heavy atom. The van der Waals surface area contributed by atoms with Gasteiger partial charge in [0.1, 0.15) is 36.5 Å². The molecule has 0 radical (unpaired) electrons. The fraction of sp³-hybridized carbons (Fsp3) is 0.551. The molecule has 1 aliphatic carbocycles. The molecule has 3 atom stereocenters. The molecule has 5 aromatic rings.